The van der Waals surface area contributed by atoms with Crippen LogP contribution in [0.25, 0.3) is 5.52 Å². The number of piperidine rings is 1. The Balaban J connectivity index is 1.65. The number of amides is 1. The van der Waals surface area contributed by atoms with Crippen LogP contribution in [-0.2, 0) is 11.2 Å². The fourth-order valence-electron chi connectivity index (χ4n) is 3.99. The van der Waals surface area contributed by atoms with Gasteiger partial charge in [-0.25, -0.2) is 14.4 Å². The number of halogens is 1. The molecule has 1 aromatic carbocycles. The van der Waals surface area contributed by atoms with Crippen LogP contribution in [0.4, 0.5) is 10.6 Å². The molecule has 1 atom stereocenters. The standard InChI is InChI=1S/C22H27ClN6O3/c1-22(2,3)32-21(31)25-15-8-6-10-28(12-15)19-16(11-14-7-4-5-9-17(14)23)18-20(30)26-24-13-29(18)27-19/h4-5,7,9,13,15H,6,8,10-12H2,1-3H3,(H,25,31)(H,26,30)/t15-/m1/s1. The lowest BCUT2D eigenvalue weighted by molar-refractivity contribution is 0.0500. The molecule has 0 spiro atoms. The number of hydrogen-bond donors (Lipinski definition) is 2. The Bertz CT molecular complexity index is 1180. The van der Waals surface area contributed by atoms with Crippen LogP contribution in [0.5, 0.6) is 0 Å². The molecular formula is C22H27ClN6O3. The molecule has 3 aromatic rings. The maximum atomic E-state index is 12.6. The molecule has 9 nitrogen and oxygen atoms in total. The van der Waals surface area contributed by atoms with Gasteiger partial charge in [0.25, 0.3) is 5.56 Å². The van der Waals surface area contributed by atoms with E-state index >= 15 is 0 Å². The Labute approximate surface area is 190 Å². The van der Waals surface area contributed by atoms with Gasteiger partial charge in [0.2, 0.25) is 0 Å². The van der Waals surface area contributed by atoms with Crippen molar-refractivity contribution >= 4 is 29.0 Å². The Hall–Kier alpha value is -3.07. The number of fused-ring (bicyclic) bond motifs is 1. The van der Waals surface area contributed by atoms with E-state index in [0.29, 0.717) is 29.3 Å². The molecule has 170 valence electrons. The number of carbonyl (C=O) groups is 1. The first-order chi connectivity index (χ1) is 15.2. The summed E-state index contributed by atoms with van der Waals surface area (Å²) in [5.74, 6) is 0.694. The molecule has 1 fully saturated rings. The molecule has 3 heterocycles. The fraction of sp³-hybridized carbons (Fsp3) is 0.455. The number of nitrogens with one attached hydrogen (secondary N) is 2. The number of carbonyl (C=O) groups excluding carboxylic acids is 1. The minimum atomic E-state index is -0.559. The van der Waals surface area contributed by atoms with Gasteiger partial charge in [0, 0.05) is 36.1 Å². The van der Waals surface area contributed by atoms with Crippen LogP contribution in [0.1, 0.15) is 44.7 Å². The van der Waals surface area contributed by atoms with Crippen molar-refractivity contribution in [2.24, 2.45) is 0 Å². The average molecular weight is 459 g/mol. The van der Waals surface area contributed by atoms with Crippen molar-refractivity contribution in [3.05, 3.63) is 57.1 Å². The number of rotatable bonds is 4. The van der Waals surface area contributed by atoms with E-state index in [4.69, 9.17) is 16.3 Å². The van der Waals surface area contributed by atoms with Crippen molar-refractivity contribution in [3.63, 3.8) is 0 Å². The van der Waals surface area contributed by atoms with Gasteiger partial charge in [0.05, 0.1) is 0 Å². The van der Waals surface area contributed by atoms with Crippen molar-refractivity contribution in [1.29, 1.82) is 0 Å². The van der Waals surface area contributed by atoms with Crippen molar-refractivity contribution in [1.82, 2.24) is 25.1 Å². The summed E-state index contributed by atoms with van der Waals surface area (Å²) in [6.07, 6.45) is 3.21. The number of aromatic nitrogens is 4. The minimum absolute atomic E-state index is 0.0898. The molecule has 2 aromatic heterocycles. The summed E-state index contributed by atoms with van der Waals surface area (Å²) in [4.78, 5) is 27.0. The first kappa shape index (κ1) is 22.1. The molecule has 10 heteroatoms. The number of ether oxygens (including phenoxy) is 1. The minimum Gasteiger partial charge on any atom is -0.444 e. The van der Waals surface area contributed by atoms with Crippen molar-refractivity contribution < 1.29 is 9.53 Å². The van der Waals surface area contributed by atoms with Gasteiger partial charge in [-0.1, -0.05) is 29.8 Å². The fourth-order valence-corrected chi connectivity index (χ4v) is 4.19. The number of aromatic amines is 1. The van der Waals surface area contributed by atoms with Crippen LogP contribution in [0.15, 0.2) is 35.4 Å². The molecular weight excluding hydrogens is 432 g/mol. The lowest BCUT2D eigenvalue weighted by atomic mass is 10.0. The van der Waals surface area contributed by atoms with Crippen LogP contribution < -0.4 is 15.8 Å². The Morgan fingerprint density at radius 2 is 2.12 bits per heavy atom. The summed E-state index contributed by atoms with van der Waals surface area (Å²) in [5, 5.41) is 14.6. The quantitative estimate of drug-likeness (QED) is 0.622. The number of nitrogens with zero attached hydrogens (tertiary/aromatic N) is 4. The van der Waals surface area contributed by atoms with E-state index < -0.39 is 11.7 Å². The number of anilines is 1. The van der Waals surface area contributed by atoms with Crippen molar-refractivity contribution in [2.75, 3.05) is 18.0 Å². The lowest BCUT2D eigenvalue weighted by Crippen LogP contribution is -2.49. The highest BCUT2D eigenvalue weighted by atomic mass is 35.5. The van der Waals surface area contributed by atoms with Gasteiger partial charge in [0.15, 0.2) is 5.82 Å². The Kier molecular flexibility index (Phi) is 6.10. The van der Waals surface area contributed by atoms with Crippen molar-refractivity contribution in [3.8, 4) is 0 Å². The van der Waals surface area contributed by atoms with Crippen LogP contribution in [0, 0.1) is 0 Å². The molecule has 1 amide bonds. The van der Waals surface area contributed by atoms with Gasteiger partial charge in [-0.15, -0.1) is 5.10 Å². The number of hydrogen-bond acceptors (Lipinski definition) is 6. The van der Waals surface area contributed by atoms with E-state index in [0.717, 1.165) is 30.5 Å². The monoisotopic (exact) mass is 458 g/mol. The molecule has 0 aliphatic carbocycles. The first-order valence-electron chi connectivity index (χ1n) is 10.6. The van der Waals surface area contributed by atoms with E-state index in [9.17, 15) is 9.59 Å². The summed E-state index contributed by atoms with van der Waals surface area (Å²) in [6.45, 7) is 6.83. The van der Waals surface area contributed by atoms with E-state index in [1.165, 1.54) is 10.8 Å². The third-order valence-corrected chi connectivity index (χ3v) is 5.67. The topological polar surface area (TPSA) is 105 Å². The second kappa shape index (κ2) is 8.82. The third-order valence-electron chi connectivity index (χ3n) is 5.30. The molecule has 32 heavy (non-hydrogen) atoms. The summed E-state index contributed by atoms with van der Waals surface area (Å²) in [5.41, 5.74) is 1.25. The predicted molar refractivity (Wildman–Crippen MR) is 122 cm³/mol. The van der Waals surface area contributed by atoms with Crippen molar-refractivity contribution in [2.45, 2.75) is 51.7 Å². The first-order valence-corrected chi connectivity index (χ1v) is 11.0. The largest absolute Gasteiger partial charge is 0.444 e. The van der Waals surface area contributed by atoms with E-state index in [1.807, 2.05) is 45.0 Å². The van der Waals surface area contributed by atoms with E-state index in [2.05, 4.69) is 25.5 Å². The summed E-state index contributed by atoms with van der Waals surface area (Å²) in [7, 11) is 0. The maximum absolute atomic E-state index is 12.6. The van der Waals surface area contributed by atoms with Gasteiger partial charge in [-0.2, -0.15) is 5.10 Å². The molecule has 0 radical (unpaired) electrons. The van der Waals surface area contributed by atoms with Gasteiger partial charge >= 0.3 is 6.09 Å². The van der Waals surface area contributed by atoms with Gasteiger partial charge in [-0.05, 0) is 45.2 Å². The Morgan fingerprint density at radius 3 is 2.88 bits per heavy atom. The predicted octanol–water partition coefficient (Wildman–Crippen LogP) is 3.16. The number of H-pyrrole nitrogens is 1. The molecule has 4 rings (SSSR count). The second-order valence-corrected chi connectivity index (χ2v) is 9.39. The summed E-state index contributed by atoms with van der Waals surface area (Å²) in [6, 6.07) is 7.47. The zero-order chi connectivity index (χ0) is 22.9. The van der Waals surface area contributed by atoms with Gasteiger partial charge < -0.3 is 15.0 Å². The highest BCUT2D eigenvalue weighted by Gasteiger charge is 2.28. The molecule has 0 saturated carbocycles. The zero-order valence-electron chi connectivity index (χ0n) is 18.4. The summed E-state index contributed by atoms with van der Waals surface area (Å²) >= 11 is 6.40. The lowest BCUT2D eigenvalue weighted by Gasteiger charge is -2.34. The van der Waals surface area contributed by atoms with Crippen LogP contribution in [-0.4, -0.2) is 50.6 Å². The van der Waals surface area contributed by atoms with Gasteiger partial charge in [0.1, 0.15) is 17.4 Å². The van der Waals surface area contributed by atoms with Crippen LogP contribution >= 0.6 is 11.6 Å². The van der Waals surface area contributed by atoms with E-state index in [1.54, 1.807) is 0 Å². The maximum Gasteiger partial charge on any atom is 0.407 e. The zero-order valence-corrected chi connectivity index (χ0v) is 19.1. The smallest absolute Gasteiger partial charge is 0.407 e. The Morgan fingerprint density at radius 1 is 1.34 bits per heavy atom. The summed E-state index contributed by atoms with van der Waals surface area (Å²) < 4.78 is 6.91. The van der Waals surface area contributed by atoms with Gasteiger partial charge in [-0.3, -0.25) is 4.79 Å². The average Bonchev–Trinajstić information content (AvgIpc) is 3.08. The SMILES string of the molecule is CC(C)(C)OC(=O)N[C@@H]1CCCN(c2nn3cn[nH]c(=O)c3c2Cc2ccccc2Cl)C1. The number of alkyl carbamates (subject to hydrolysis) is 1. The molecule has 0 bridgehead atoms. The molecule has 0 unspecified atom stereocenters. The second-order valence-electron chi connectivity index (χ2n) is 8.98. The third kappa shape index (κ3) is 4.88. The number of benzene rings is 1. The molecule has 1 aliphatic heterocycles. The molecule has 1 saturated heterocycles. The molecule has 2 N–H and O–H groups in total. The van der Waals surface area contributed by atoms with E-state index in [-0.39, 0.29) is 11.6 Å². The van der Waals surface area contributed by atoms with Crippen LogP contribution in [0.2, 0.25) is 5.02 Å². The molecule has 1 aliphatic rings. The van der Waals surface area contributed by atoms with Crippen LogP contribution in [0.3, 0.4) is 0 Å². The highest BCUT2D eigenvalue weighted by Crippen LogP contribution is 2.29. The highest BCUT2D eigenvalue weighted by molar-refractivity contribution is 6.31. The normalized spacial score (nSPS) is 16.9.